The number of rotatable bonds is 8. The normalized spacial score (nSPS) is 11.6. The highest BCUT2D eigenvalue weighted by molar-refractivity contribution is 5.39. The SMILES string of the molecule is COc1ccc(-n2ccc(C(F)(F)F)c2COc2c(F)cc(CCCO)cc2F)cn1. The molecule has 0 aliphatic carbocycles. The molecule has 0 radical (unpaired) electrons. The molecule has 31 heavy (non-hydrogen) atoms. The lowest BCUT2D eigenvalue weighted by Crippen LogP contribution is -2.13. The minimum absolute atomic E-state index is 0.140. The van der Waals surface area contributed by atoms with Gasteiger partial charge in [0.15, 0.2) is 17.4 Å². The van der Waals surface area contributed by atoms with Crippen molar-refractivity contribution in [1.82, 2.24) is 9.55 Å². The third-order valence-electron chi connectivity index (χ3n) is 4.54. The van der Waals surface area contributed by atoms with Gasteiger partial charge in [-0.2, -0.15) is 13.2 Å². The van der Waals surface area contributed by atoms with Gasteiger partial charge >= 0.3 is 6.18 Å². The molecule has 0 aliphatic rings. The van der Waals surface area contributed by atoms with Gasteiger partial charge in [0.25, 0.3) is 0 Å². The number of aliphatic hydroxyl groups is 1. The third-order valence-corrected chi connectivity index (χ3v) is 4.54. The van der Waals surface area contributed by atoms with E-state index in [1.807, 2.05) is 0 Å². The average Bonchev–Trinajstić information content (AvgIpc) is 3.16. The number of nitrogens with zero attached hydrogens (tertiary/aromatic N) is 2. The van der Waals surface area contributed by atoms with E-state index in [0.717, 1.165) is 18.2 Å². The Bertz CT molecular complexity index is 1010. The first-order valence-corrected chi connectivity index (χ1v) is 9.24. The van der Waals surface area contributed by atoms with Crippen molar-refractivity contribution in [3.8, 4) is 17.3 Å². The molecule has 0 saturated heterocycles. The van der Waals surface area contributed by atoms with Gasteiger partial charge in [-0.05, 0) is 42.7 Å². The summed E-state index contributed by atoms with van der Waals surface area (Å²) in [5.41, 5.74) is -0.749. The predicted octanol–water partition coefficient (Wildman–Crippen LogP) is 4.68. The lowest BCUT2D eigenvalue weighted by atomic mass is 10.1. The van der Waals surface area contributed by atoms with E-state index in [2.05, 4.69) is 4.98 Å². The van der Waals surface area contributed by atoms with E-state index in [0.29, 0.717) is 12.0 Å². The maximum atomic E-state index is 14.3. The Hall–Kier alpha value is -3.14. The standard InChI is InChI=1S/C21H19F5N2O3/c1-30-19-5-4-14(11-27-19)28-7-6-15(21(24,25)26)18(28)12-31-20-16(22)9-13(3-2-8-29)10-17(20)23/h4-7,9-11,29H,2-3,8,12H2,1H3. The molecule has 2 aromatic heterocycles. The zero-order valence-corrected chi connectivity index (χ0v) is 16.4. The molecule has 0 spiro atoms. The van der Waals surface area contributed by atoms with E-state index in [-0.39, 0.29) is 30.3 Å². The fraction of sp³-hybridized carbons (Fsp3) is 0.286. The molecule has 3 aromatic rings. The smallest absolute Gasteiger partial charge is 0.418 e. The molecule has 0 atom stereocenters. The summed E-state index contributed by atoms with van der Waals surface area (Å²) in [6.07, 6.45) is -1.65. The second-order valence-electron chi connectivity index (χ2n) is 6.61. The number of methoxy groups -OCH3 is 1. The fourth-order valence-electron chi connectivity index (χ4n) is 3.07. The van der Waals surface area contributed by atoms with Crippen LogP contribution >= 0.6 is 0 Å². The van der Waals surface area contributed by atoms with Crippen LogP contribution in [0, 0.1) is 11.6 Å². The van der Waals surface area contributed by atoms with E-state index in [1.54, 1.807) is 0 Å². The van der Waals surface area contributed by atoms with Gasteiger partial charge < -0.3 is 19.1 Å². The minimum atomic E-state index is -4.70. The monoisotopic (exact) mass is 442 g/mol. The maximum Gasteiger partial charge on any atom is 0.418 e. The molecule has 0 fully saturated rings. The number of alkyl halides is 3. The molecule has 5 nitrogen and oxygen atoms in total. The van der Waals surface area contributed by atoms with Crippen LogP contribution in [-0.4, -0.2) is 28.4 Å². The van der Waals surface area contributed by atoms with Gasteiger partial charge in [0, 0.05) is 18.9 Å². The van der Waals surface area contributed by atoms with Crippen LogP contribution in [0.4, 0.5) is 22.0 Å². The summed E-state index contributed by atoms with van der Waals surface area (Å²) in [6.45, 7) is -0.878. The largest absolute Gasteiger partial charge is 0.481 e. The first-order valence-electron chi connectivity index (χ1n) is 9.24. The van der Waals surface area contributed by atoms with Crippen molar-refractivity contribution in [2.45, 2.75) is 25.6 Å². The molecule has 1 aromatic carbocycles. The van der Waals surface area contributed by atoms with Gasteiger partial charge in [-0.15, -0.1) is 0 Å². The molecular weight excluding hydrogens is 423 g/mol. The van der Waals surface area contributed by atoms with Crippen LogP contribution in [0.5, 0.6) is 11.6 Å². The lowest BCUT2D eigenvalue weighted by Gasteiger charge is -2.15. The first kappa shape index (κ1) is 22.5. The zero-order chi connectivity index (χ0) is 22.6. The molecule has 166 valence electrons. The highest BCUT2D eigenvalue weighted by atomic mass is 19.4. The number of aliphatic hydroxyl groups excluding tert-OH is 1. The van der Waals surface area contributed by atoms with Crippen LogP contribution < -0.4 is 9.47 Å². The van der Waals surface area contributed by atoms with Gasteiger partial charge in [0.05, 0.1) is 30.3 Å². The highest BCUT2D eigenvalue weighted by Crippen LogP contribution is 2.35. The molecule has 0 saturated carbocycles. The summed E-state index contributed by atoms with van der Waals surface area (Å²) in [5, 5.41) is 8.83. The van der Waals surface area contributed by atoms with Crippen molar-refractivity contribution in [3.63, 3.8) is 0 Å². The van der Waals surface area contributed by atoms with Crippen molar-refractivity contribution in [3.05, 3.63) is 71.2 Å². The van der Waals surface area contributed by atoms with E-state index < -0.39 is 35.7 Å². The van der Waals surface area contributed by atoms with Crippen LogP contribution in [0.1, 0.15) is 23.2 Å². The number of hydrogen-bond donors (Lipinski definition) is 1. The van der Waals surface area contributed by atoms with Crippen molar-refractivity contribution in [1.29, 1.82) is 0 Å². The van der Waals surface area contributed by atoms with E-state index in [4.69, 9.17) is 14.6 Å². The molecule has 10 heteroatoms. The van der Waals surface area contributed by atoms with E-state index in [1.165, 1.54) is 36.2 Å². The first-order chi connectivity index (χ1) is 14.7. The number of benzene rings is 1. The Labute approximate surface area is 174 Å². The molecule has 0 aliphatic heterocycles. The van der Waals surface area contributed by atoms with Crippen molar-refractivity contribution in [2.75, 3.05) is 13.7 Å². The topological polar surface area (TPSA) is 56.5 Å². The van der Waals surface area contributed by atoms with Crippen LogP contribution in [0.3, 0.4) is 0 Å². The summed E-state index contributed by atoms with van der Waals surface area (Å²) in [4.78, 5) is 3.96. The molecule has 0 bridgehead atoms. The van der Waals surface area contributed by atoms with Gasteiger partial charge in [-0.3, -0.25) is 0 Å². The Kier molecular flexibility index (Phi) is 6.79. The number of pyridine rings is 1. The van der Waals surface area contributed by atoms with Gasteiger partial charge in [0.2, 0.25) is 5.88 Å². The summed E-state index contributed by atoms with van der Waals surface area (Å²) < 4.78 is 80.4. The maximum absolute atomic E-state index is 14.3. The van der Waals surface area contributed by atoms with Gasteiger partial charge in [-0.1, -0.05) is 0 Å². The summed E-state index contributed by atoms with van der Waals surface area (Å²) in [5.74, 6) is -2.58. The highest BCUT2D eigenvalue weighted by Gasteiger charge is 2.36. The van der Waals surface area contributed by atoms with Crippen LogP contribution in [-0.2, 0) is 19.2 Å². The molecular formula is C21H19F5N2O3. The molecule has 1 N–H and O–H groups in total. The number of aryl methyl sites for hydroxylation is 1. The summed E-state index contributed by atoms with van der Waals surface area (Å²) in [6, 6.07) is 5.88. The number of aromatic nitrogens is 2. The zero-order valence-electron chi connectivity index (χ0n) is 16.4. The van der Waals surface area contributed by atoms with E-state index in [9.17, 15) is 22.0 Å². The molecule has 0 unspecified atom stereocenters. The van der Waals surface area contributed by atoms with E-state index >= 15 is 0 Å². The number of hydrogen-bond acceptors (Lipinski definition) is 4. The predicted molar refractivity (Wildman–Crippen MR) is 101 cm³/mol. The van der Waals surface area contributed by atoms with Crippen molar-refractivity contribution >= 4 is 0 Å². The Balaban J connectivity index is 1.92. The Morgan fingerprint density at radius 2 is 1.81 bits per heavy atom. The van der Waals surface area contributed by atoms with Crippen LogP contribution in [0.25, 0.3) is 5.69 Å². The summed E-state index contributed by atoms with van der Waals surface area (Å²) in [7, 11) is 1.40. The fourth-order valence-corrected chi connectivity index (χ4v) is 3.07. The quantitative estimate of drug-likeness (QED) is 0.515. The molecule has 3 rings (SSSR count). The lowest BCUT2D eigenvalue weighted by molar-refractivity contribution is -0.138. The van der Waals surface area contributed by atoms with Crippen molar-refractivity contribution in [2.24, 2.45) is 0 Å². The number of ether oxygens (including phenoxy) is 2. The Morgan fingerprint density at radius 3 is 2.35 bits per heavy atom. The molecule has 2 heterocycles. The molecule has 0 amide bonds. The van der Waals surface area contributed by atoms with Gasteiger partial charge in [-0.25, -0.2) is 13.8 Å². The average molecular weight is 442 g/mol. The second-order valence-corrected chi connectivity index (χ2v) is 6.61. The summed E-state index contributed by atoms with van der Waals surface area (Å²) >= 11 is 0. The van der Waals surface area contributed by atoms with Crippen LogP contribution in [0.15, 0.2) is 42.7 Å². The second kappa shape index (κ2) is 9.34. The Morgan fingerprint density at radius 1 is 1.10 bits per heavy atom. The minimum Gasteiger partial charge on any atom is -0.481 e. The van der Waals surface area contributed by atoms with Crippen LogP contribution in [0.2, 0.25) is 0 Å². The van der Waals surface area contributed by atoms with Crippen molar-refractivity contribution < 1.29 is 36.5 Å². The number of halogens is 5. The van der Waals surface area contributed by atoms with Gasteiger partial charge in [0.1, 0.15) is 6.61 Å². The third kappa shape index (κ3) is 5.13.